The lowest BCUT2D eigenvalue weighted by Crippen LogP contribution is -2.26. The van der Waals surface area contributed by atoms with E-state index < -0.39 is 0 Å². The van der Waals surface area contributed by atoms with Gasteiger partial charge in [0.2, 0.25) is 0 Å². The van der Waals surface area contributed by atoms with Crippen LogP contribution in [-0.2, 0) is 0 Å². The first kappa shape index (κ1) is 15.4. The molecule has 2 heterocycles. The summed E-state index contributed by atoms with van der Waals surface area (Å²) in [6.07, 6.45) is 3.45. The number of aryl methyl sites for hydroxylation is 1. The van der Waals surface area contributed by atoms with Crippen LogP contribution in [0.3, 0.4) is 0 Å². The third-order valence-electron chi connectivity index (χ3n) is 3.58. The van der Waals surface area contributed by atoms with Crippen LogP contribution >= 0.6 is 11.3 Å². The number of thiazole rings is 1. The van der Waals surface area contributed by atoms with Crippen molar-refractivity contribution in [2.45, 2.75) is 19.9 Å². The average Bonchev–Trinajstić information content (AvgIpc) is 2.98. The first-order valence-corrected chi connectivity index (χ1v) is 8.20. The second-order valence-electron chi connectivity index (χ2n) is 5.28. The molecule has 5 heteroatoms. The highest BCUT2D eigenvalue weighted by atomic mass is 32.1. The molecule has 0 fully saturated rings. The molecule has 0 unspecified atom stereocenters. The van der Waals surface area contributed by atoms with Crippen molar-refractivity contribution >= 4 is 17.2 Å². The zero-order valence-electron chi connectivity index (χ0n) is 13.0. The van der Waals surface area contributed by atoms with Crippen molar-refractivity contribution in [1.82, 2.24) is 15.3 Å². The van der Waals surface area contributed by atoms with Gasteiger partial charge < -0.3 is 5.32 Å². The molecule has 4 nitrogen and oxygen atoms in total. The minimum atomic E-state index is -0.0912. The summed E-state index contributed by atoms with van der Waals surface area (Å²) in [4.78, 5) is 21.7. The fourth-order valence-electron chi connectivity index (χ4n) is 2.31. The molecule has 0 aliphatic heterocycles. The van der Waals surface area contributed by atoms with Crippen LogP contribution in [0.2, 0.25) is 0 Å². The van der Waals surface area contributed by atoms with Crippen molar-refractivity contribution in [1.29, 1.82) is 0 Å². The van der Waals surface area contributed by atoms with Gasteiger partial charge in [-0.1, -0.05) is 30.3 Å². The van der Waals surface area contributed by atoms with E-state index in [4.69, 9.17) is 0 Å². The maximum atomic E-state index is 12.5. The lowest BCUT2D eigenvalue weighted by atomic mass is 10.1. The summed E-state index contributed by atoms with van der Waals surface area (Å²) in [6.45, 7) is 3.83. The van der Waals surface area contributed by atoms with Gasteiger partial charge >= 0.3 is 0 Å². The second-order valence-corrected chi connectivity index (χ2v) is 6.27. The Hall–Kier alpha value is -2.53. The molecule has 1 amide bonds. The Morgan fingerprint density at radius 1 is 1.13 bits per heavy atom. The normalized spacial score (nSPS) is 11.9. The second kappa shape index (κ2) is 6.71. The summed E-state index contributed by atoms with van der Waals surface area (Å²) in [5.74, 6) is -0.0912. The highest BCUT2D eigenvalue weighted by molar-refractivity contribution is 7.17. The van der Waals surface area contributed by atoms with Crippen LogP contribution in [-0.4, -0.2) is 15.9 Å². The van der Waals surface area contributed by atoms with Crippen LogP contribution in [0.25, 0.3) is 10.6 Å². The molecule has 3 rings (SSSR count). The van der Waals surface area contributed by atoms with Crippen molar-refractivity contribution in [2.24, 2.45) is 0 Å². The summed E-state index contributed by atoms with van der Waals surface area (Å²) in [7, 11) is 0. The van der Waals surface area contributed by atoms with Gasteiger partial charge in [-0.2, -0.15) is 0 Å². The Bertz CT molecular complexity index is 800. The van der Waals surface area contributed by atoms with Crippen LogP contribution in [0.15, 0.2) is 54.9 Å². The Labute approximate surface area is 139 Å². The van der Waals surface area contributed by atoms with E-state index in [1.807, 2.05) is 56.3 Å². The Morgan fingerprint density at radius 3 is 2.52 bits per heavy atom. The number of rotatable bonds is 4. The number of amides is 1. The predicted molar refractivity (Wildman–Crippen MR) is 92.4 cm³/mol. The Kier molecular flexibility index (Phi) is 4.48. The van der Waals surface area contributed by atoms with Crippen LogP contribution in [0.4, 0.5) is 0 Å². The van der Waals surface area contributed by atoms with Crippen LogP contribution in [0.5, 0.6) is 0 Å². The predicted octanol–water partition coefficient (Wildman–Crippen LogP) is 4.00. The van der Waals surface area contributed by atoms with Gasteiger partial charge in [0.25, 0.3) is 5.91 Å². The number of hydrogen-bond donors (Lipinski definition) is 1. The quantitative estimate of drug-likeness (QED) is 0.789. The standard InChI is InChI=1S/C18H17N3OS/c1-12(14-8-10-19-11-9-14)20-17(22)16-13(2)21-18(23-16)15-6-4-3-5-7-15/h3-12H,1-2H3,(H,20,22)/t12-/m1/s1. The van der Waals surface area contributed by atoms with E-state index in [0.717, 1.165) is 21.8 Å². The molecule has 0 aliphatic carbocycles. The van der Waals surface area contributed by atoms with Gasteiger partial charge in [-0.25, -0.2) is 4.98 Å². The van der Waals surface area contributed by atoms with Crippen molar-refractivity contribution in [3.8, 4) is 10.6 Å². The molecule has 0 radical (unpaired) electrons. The SMILES string of the molecule is Cc1nc(-c2ccccc2)sc1C(=O)N[C@H](C)c1ccncc1. The largest absolute Gasteiger partial charge is 0.345 e. The fraction of sp³-hybridized carbons (Fsp3) is 0.167. The van der Waals surface area contributed by atoms with Gasteiger partial charge in [-0.15, -0.1) is 11.3 Å². The van der Waals surface area contributed by atoms with Gasteiger partial charge in [-0.3, -0.25) is 9.78 Å². The molecule has 0 bridgehead atoms. The molecule has 3 aromatic rings. The molecule has 116 valence electrons. The molecular formula is C18H17N3OS. The molecule has 2 aromatic heterocycles. The van der Waals surface area contributed by atoms with Crippen LogP contribution < -0.4 is 5.32 Å². The van der Waals surface area contributed by atoms with E-state index >= 15 is 0 Å². The number of carbonyl (C=O) groups excluding carboxylic acids is 1. The van der Waals surface area contributed by atoms with Gasteiger partial charge in [0, 0.05) is 18.0 Å². The average molecular weight is 323 g/mol. The summed E-state index contributed by atoms with van der Waals surface area (Å²) < 4.78 is 0. The van der Waals surface area contributed by atoms with Crippen molar-refractivity contribution in [3.05, 3.63) is 71.0 Å². The zero-order valence-corrected chi connectivity index (χ0v) is 13.8. The highest BCUT2D eigenvalue weighted by Crippen LogP contribution is 2.28. The lowest BCUT2D eigenvalue weighted by Gasteiger charge is -2.13. The van der Waals surface area contributed by atoms with E-state index in [0.29, 0.717) is 4.88 Å². The number of nitrogens with one attached hydrogen (secondary N) is 1. The molecule has 0 spiro atoms. The molecule has 0 saturated heterocycles. The van der Waals surface area contributed by atoms with Crippen molar-refractivity contribution < 1.29 is 4.79 Å². The van der Waals surface area contributed by atoms with E-state index in [1.54, 1.807) is 12.4 Å². The fourth-order valence-corrected chi connectivity index (χ4v) is 3.28. The van der Waals surface area contributed by atoms with Crippen LogP contribution in [0, 0.1) is 6.92 Å². The number of pyridine rings is 1. The minimum Gasteiger partial charge on any atom is -0.345 e. The topological polar surface area (TPSA) is 54.9 Å². The van der Waals surface area contributed by atoms with E-state index in [9.17, 15) is 4.79 Å². The smallest absolute Gasteiger partial charge is 0.263 e. The summed E-state index contributed by atoms with van der Waals surface area (Å²) in [6, 6.07) is 13.6. The number of benzene rings is 1. The van der Waals surface area contributed by atoms with E-state index in [2.05, 4.69) is 15.3 Å². The van der Waals surface area contributed by atoms with Crippen molar-refractivity contribution in [3.63, 3.8) is 0 Å². The number of carbonyl (C=O) groups is 1. The minimum absolute atomic E-state index is 0.0767. The Morgan fingerprint density at radius 2 is 1.83 bits per heavy atom. The maximum absolute atomic E-state index is 12.5. The molecule has 1 aromatic carbocycles. The monoisotopic (exact) mass is 323 g/mol. The van der Waals surface area contributed by atoms with E-state index in [-0.39, 0.29) is 11.9 Å². The lowest BCUT2D eigenvalue weighted by molar-refractivity contribution is 0.0943. The maximum Gasteiger partial charge on any atom is 0.263 e. The van der Waals surface area contributed by atoms with E-state index in [1.165, 1.54) is 11.3 Å². The van der Waals surface area contributed by atoms with Gasteiger partial charge in [0.05, 0.1) is 11.7 Å². The summed E-state index contributed by atoms with van der Waals surface area (Å²) in [5, 5.41) is 3.89. The molecule has 0 aliphatic rings. The third kappa shape index (κ3) is 3.46. The number of aromatic nitrogens is 2. The van der Waals surface area contributed by atoms with Gasteiger partial charge in [0.1, 0.15) is 9.88 Å². The molecular weight excluding hydrogens is 306 g/mol. The third-order valence-corrected chi connectivity index (χ3v) is 4.78. The van der Waals surface area contributed by atoms with Gasteiger partial charge in [-0.05, 0) is 31.5 Å². The number of hydrogen-bond acceptors (Lipinski definition) is 4. The highest BCUT2D eigenvalue weighted by Gasteiger charge is 2.18. The molecule has 1 N–H and O–H groups in total. The number of nitrogens with zero attached hydrogens (tertiary/aromatic N) is 2. The summed E-state index contributed by atoms with van der Waals surface area (Å²) in [5.41, 5.74) is 2.81. The zero-order chi connectivity index (χ0) is 16.2. The molecule has 1 atom stereocenters. The van der Waals surface area contributed by atoms with Gasteiger partial charge in [0.15, 0.2) is 0 Å². The molecule has 23 heavy (non-hydrogen) atoms. The summed E-state index contributed by atoms with van der Waals surface area (Å²) >= 11 is 1.42. The van der Waals surface area contributed by atoms with Crippen LogP contribution in [0.1, 0.15) is 33.9 Å². The Balaban J connectivity index is 1.79. The first-order chi connectivity index (χ1) is 11.1. The molecule has 0 saturated carbocycles. The first-order valence-electron chi connectivity index (χ1n) is 7.39. The van der Waals surface area contributed by atoms with Crippen molar-refractivity contribution in [2.75, 3.05) is 0 Å².